The highest BCUT2D eigenvalue weighted by Crippen LogP contribution is 2.28. The van der Waals surface area contributed by atoms with E-state index < -0.39 is 15.6 Å². The number of hydrogen-bond donors (Lipinski definition) is 2. The van der Waals surface area contributed by atoms with E-state index in [1.165, 1.54) is 24.3 Å². The summed E-state index contributed by atoms with van der Waals surface area (Å²) in [7, 11) is -4.17. The van der Waals surface area contributed by atoms with E-state index in [0.29, 0.717) is 27.9 Å². The molecule has 4 rings (SSSR count). The molecule has 8 heteroatoms. The van der Waals surface area contributed by atoms with Gasteiger partial charge in [0.05, 0.1) is 16.8 Å². The predicted octanol–water partition coefficient (Wildman–Crippen LogP) is 1.62. The molecule has 0 fully saturated rings. The third-order valence-corrected chi connectivity index (χ3v) is 6.10. The van der Waals surface area contributed by atoms with Crippen LogP contribution in [0.25, 0.3) is 10.9 Å². The molecule has 1 amide bonds. The number of aryl methyl sites for hydroxylation is 1. The number of aromatic nitrogens is 1. The maximum atomic E-state index is 13.2. The van der Waals surface area contributed by atoms with Crippen molar-refractivity contribution >= 4 is 38.2 Å². The van der Waals surface area contributed by atoms with E-state index in [1.807, 2.05) is 0 Å². The molecule has 1 aliphatic rings. The number of nitrogens with two attached hydrogens (primary N) is 1. The van der Waals surface area contributed by atoms with E-state index in [9.17, 15) is 18.0 Å². The van der Waals surface area contributed by atoms with Crippen LogP contribution in [0.3, 0.4) is 0 Å². The zero-order chi connectivity index (χ0) is 18.6. The predicted molar refractivity (Wildman–Crippen MR) is 98.7 cm³/mol. The van der Waals surface area contributed by atoms with Crippen LogP contribution >= 0.6 is 0 Å². The van der Waals surface area contributed by atoms with Crippen LogP contribution in [-0.2, 0) is 21.2 Å². The molecule has 0 spiro atoms. The molecule has 0 saturated carbocycles. The molecule has 2 heterocycles. The number of carbonyl (C=O) groups is 1. The van der Waals surface area contributed by atoms with Gasteiger partial charge in [0.25, 0.3) is 15.6 Å². The van der Waals surface area contributed by atoms with Crippen LogP contribution in [0.1, 0.15) is 11.1 Å². The largest absolute Gasteiger partial charge is 0.399 e. The number of nitrogens with one attached hydrogen (secondary N) is 1. The van der Waals surface area contributed by atoms with Gasteiger partial charge in [0, 0.05) is 16.9 Å². The highest BCUT2D eigenvalue weighted by molar-refractivity contribution is 7.90. The first kappa shape index (κ1) is 16.3. The number of anilines is 2. The fourth-order valence-corrected chi connectivity index (χ4v) is 4.65. The molecule has 3 N–H and O–H groups in total. The number of nitrogen functional groups attached to an aromatic ring is 1. The molecular weight excluding hydrogens is 354 g/mol. The number of pyridine rings is 1. The highest BCUT2D eigenvalue weighted by atomic mass is 32.2. The summed E-state index contributed by atoms with van der Waals surface area (Å²) in [5, 5.41) is 3.25. The topological polar surface area (TPSA) is 111 Å². The van der Waals surface area contributed by atoms with Gasteiger partial charge in [-0.2, -0.15) is 3.97 Å². The van der Waals surface area contributed by atoms with Crippen molar-refractivity contribution in [3.8, 4) is 0 Å². The number of hydrogen-bond acceptors (Lipinski definition) is 5. The van der Waals surface area contributed by atoms with Gasteiger partial charge in [0.15, 0.2) is 0 Å². The lowest BCUT2D eigenvalue weighted by Crippen LogP contribution is -2.29. The first-order valence-electron chi connectivity index (χ1n) is 7.87. The Balaban J connectivity index is 2.02. The average Bonchev–Trinajstić information content (AvgIpc) is 2.95. The number of nitrogens with zero attached hydrogens (tertiary/aromatic N) is 1. The summed E-state index contributed by atoms with van der Waals surface area (Å²) in [4.78, 5) is 24.1. The summed E-state index contributed by atoms with van der Waals surface area (Å²) in [5.74, 6) is -0.194. The minimum absolute atomic E-state index is 0.0517. The van der Waals surface area contributed by atoms with Crippen molar-refractivity contribution in [2.75, 3.05) is 11.1 Å². The zero-order valence-electron chi connectivity index (χ0n) is 13.8. The van der Waals surface area contributed by atoms with Gasteiger partial charge in [-0.3, -0.25) is 9.59 Å². The van der Waals surface area contributed by atoms with Gasteiger partial charge in [0.1, 0.15) is 0 Å². The lowest BCUT2D eigenvalue weighted by atomic mass is 10.1. The molecule has 26 heavy (non-hydrogen) atoms. The van der Waals surface area contributed by atoms with Crippen molar-refractivity contribution < 1.29 is 13.2 Å². The van der Waals surface area contributed by atoms with Gasteiger partial charge in [-0.05, 0) is 54.3 Å². The van der Waals surface area contributed by atoms with Crippen LogP contribution in [0.15, 0.2) is 52.2 Å². The van der Waals surface area contributed by atoms with E-state index >= 15 is 0 Å². The lowest BCUT2D eigenvalue weighted by molar-refractivity contribution is -0.115. The van der Waals surface area contributed by atoms with Crippen LogP contribution in [0.5, 0.6) is 0 Å². The fourth-order valence-electron chi connectivity index (χ4n) is 3.13. The van der Waals surface area contributed by atoms with E-state index in [1.54, 1.807) is 25.1 Å². The van der Waals surface area contributed by atoms with Crippen molar-refractivity contribution in [2.45, 2.75) is 18.2 Å². The van der Waals surface area contributed by atoms with Gasteiger partial charge < -0.3 is 11.1 Å². The van der Waals surface area contributed by atoms with Crippen molar-refractivity contribution in [1.29, 1.82) is 0 Å². The van der Waals surface area contributed by atoms with E-state index in [2.05, 4.69) is 5.32 Å². The minimum Gasteiger partial charge on any atom is -0.399 e. The Morgan fingerprint density at radius 3 is 2.62 bits per heavy atom. The number of fused-ring (bicyclic) bond motifs is 2. The third kappa shape index (κ3) is 2.38. The van der Waals surface area contributed by atoms with Crippen molar-refractivity contribution in [3.63, 3.8) is 0 Å². The average molecular weight is 369 g/mol. The first-order valence-corrected chi connectivity index (χ1v) is 9.31. The summed E-state index contributed by atoms with van der Waals surface area (Å²) >= 11 is 0. The monoisotopic (exact) mass is 369 g/mol. The summed E-state index contributed by atoms with van der Waals surface area (Å²) in [6.45, 7) is 1.56. The standard InChI is InChI=1S/C18H15N3O4S/c1-10-6-11-2-3-13(19)9-16(11)21(18(10)23)26(24,25)14-4-5-15-12(7-14)8-17(22)20-15/h2-7,9H,8,19H2,1H3,(H,20,22). The summed E-state index contributed by atoms with van der Waals surface area (Å²) in [5.41, 5.74) is 7.22. The maximum Gasteiger partial charge on any atom is 0.271 e. The van der Waals surface area contributed by atoms with Gasteiger partial charge >= 0.3 is 0 Å². The Labute approximate surface area is 149 Å². The van der Waals surface area contributed by atoms with Crippen LogP contribution in [-0.4, -0.2) is 18.3 Å². The Bertz CT molecular complexity index is 1260. The minimum atomic E-state index is -4.17. The smallest absolute Gasteiger partial charge is 0.271 e. The van der Waals surface area contributed by atoms with Gasteiger partial charge in [-0.25, -0.2) is 8.42 Å². The Hall–Kier alpha value is -3.13. The van der Waals surface area contributed by atoms with Gasteiger partial charge in [-0.15, -0.1) is 0 Å². The van der Waals surface area contributed by atoms with Crippen LogP contribution in [0.2, 0.25) is 0 Å². The van der Waals surface area contributed by atoms with Crippen molar-refractivity contribution in [3.05, 3.63) is 63.9 Å². The molecular formula is C18H15N3O4S. The quantitative estimate of drug-likeness (QED) is 0.667. The summed E-state index contributed by atoms with van der Waals surface area (Å²) in [6, 6.07) is 10.8. The molecule has 0 saturated heterocycles. The van der Waals surface area contributed by atoms with Crippen LogP contribution in [0, 0.1) is 6.92 Å². The summed E-state index contributed by atoms with van der Waals surface area (Å²) in [6.07, 6.45) is 0.106. The number of rotatable bonds is 2. The molecule has 132 valence electrons. The molecule has 3 aromatic rings. The second kappa shape index (κ2) is 5.43. The first-order chi connectivity index (χ1) is 12.3. The number of benzene rings is 2. The van der Waals surface area contributed by atoms with E-state index in [-0.39, 0.29) is 22.7 Å². The molecule has 1 aliphatic heterocycles. The maximum absolute atomic E-state index is 13.2. The fraction of sp³-hybridized carbons (Fsp3) is 0.111. The third-order valence-electron chi connectivity index (χ3n) is 4.41. The van der Waals surface area contributed by atoms with E-state index in [4.69, 9.17) is 5.73 Å². The Morgan fingerprint density at radius 1 is 1.08 bits per heavy atom. The second-order valence-electron chi connectivity index (χ2n) is 6.26. The van der Waals surface area contributed by atoms with E-state index in [0.717, 1.165) is 3.97 Å². The molecule has 0 unspecified atom stereocenters. The van der Waals surface area contributed by atoms with Crippen LogP contribution in [0.4, 0.5) is 11.4 Å². The van der Waals surface area contributed by atoms with Gasteiger partial charge in [0.2, 0.25) is 5.91 Å². The molecule has 0 radical (unpaired) electrons. The number of amides is 1. The summed E-state index contributed by atoms with van der Waals surface area (Å²) < 4.78 is 27.2. The van der Waals surface area contributed by atoms with Crippen molar-refractivity contribution in [1.82, 2.24) is 3.97 Å². The molecule has 0 atom stereocenters. The lowest BCUT2D eigenvalue weighted by Gasteiger charge is -2.13. The molecule has 0 bridgehead atoms. The molecule has 1 aromatic heterocycles. The van der Waals surface area contributed by atoms with Crippen LogP contribution < -0.4 is 16.6 Å². The zero-order valence-corrected chi connectivity index (χ0v) is 14.6. The van der Waals surface area contributed by atoms with Gasteiger partial charge in [-0.1, -0.05) is 6.07 Å². The molecule has 2 aromatic carbocycles. The SMILES string of the molecule is Cc1cc2ccc(N)cc2n(S(=O)(=O)c2ccc3c(c2)CC(=O)N3)c1=O. The molecule has 7 nitrogen and oxygen atoms in total. The second-order valence-corrected chi connectivity index (χ2v) is 8.05. The van der Waals surface area contributed by atoms with Crippen molar-refractivity contribution in [2.24, 2.45) is 0 Å². The number of carbonyl (C=O) groups excluding carboxylic acids is 1. The normalized spacial score (nSPS) is 13.7. The Kier molecular flexibility index (Phi) is 3.42. The molecule has 0 aliphatic carbocycles. The Morgan fingerprint density at radius 2 is 1.85 bits per heavy atom. The highest BCUT2D eigenvalue weighted by Gasteiger charge is 2.25.